The Bertz CT molecular complexity index is 1540. The normalized spacial score (nSPS) is 10.9. The highest BCUT2D eigenvalue weighted by atomic mass is 79.9. The number of carbonyl (C=O) groups is 2. The van der Waals surface area contributed by atoms with Crippen molar-refractivity contribution in [1.29, 1.82) is 0 Å². The lowest BCUT2D eigenvalue weighted by molar-refractivity contribution is -0.122. The lowest BCUT2D eigenvalue weighted by Gasteiger charge is -2.07. The van der Waals surface area contributed by atoms with E-state index in [1.807, 2.05) is 24.3 Å². The molecule has 0 aliphatic heterocycles. The van der Waals surface area contributed by atoms with Crippen molar-refractivity contribution in [1.82, 2.24) is 25.3 Å². The summed E-state index contributed by atoms with van der Waals surface area (Å²) in [7, 11) is 0. The number of nitrogens with zero attached hydrogens (tertiary/aromatic N) is 3. The Morgan fingerprint density at radius 2 is 1.82 bits per heavy atom. The summed E-state index contributed by atoms with van der Waals surface area (Å²) in [6, 6.07) is 13.7. The average Bonchev–Trinajstić information content (AvgIpc) is 3.06. The maximum absolute atomic E-state index is 12.4. The van der Waals surface area contributed by atoms with Crippen LogP contribution in [0.1, 0.15) is 21.7 Å². The van der Waals surface area contributed by atoms with Gasteiger partial charge < -0.3 is 10.3 Å². The van der Waals surface area contributed by atoms with Crippen molar-refractivity contribution >= 4 is 54.6 Å². The minimum absolute atomic E-state index is 0.244. The van der Waals surface area contributed by atoms with Gasteiger partial charge in [-0.1, -0.05) is 50.1 Å². The van der Waals surface area contributed by atoms with E-state index in [4.69, 9.17) is 10.3 Å². The Balaban J connectivity index is 1.43. The second kappa shape index (κ2) is 9.65. The van der Waals surface area contributed by atoms with Crippen molar-refractivity contribution in [2.45, 2.75) is 13.0 Å². The zero-order chi connectivity index (χ0) is 24.4. The molecule has 4 rings (SSSR count). The fourth-order valence-corrected chi connectivity index (χ4v) is 3.93. The molecular weight excluding hydrogens is 576 g/mol. The number of hydrogen-bond acceptors (Lipinski definition) is 7. The van der Waals surface area contributed by atoms with E-state index in [-0.39, 0.29) is 17.8 Å². The molecule has 174 valence electrons. The summed E-state index contributed by atoms with van der Waals surface area (Å²) < 4.78 is 8.41. The Hall–Kier alpha value is -3.71. The molecular formula is C21H16Br2N6O5. The lowest BCUT2D eigenvalue weighted by Crippen LogP contribution is -2.45. The summed E-state index contributed by atoms with van der Waals surface area (Å²) >= 11 is 6.72. The summed E-state index contributed by atoms with van der Waals surface area (Å²) in [6.45, 7) is -0.508. The van der Waals surface area contributed by atoms with Gasteiger partial charge in [0.25, 0.3) is 11.8 Å². The van der Waals surface area contributed by atoms with Gasteiger partial charge >= 0.3 is 11.3 Å². The first-order valence-electron chi connectivity index (χ1n) is 9.72. The van der Waals surface area contributed by atoms with Crippen LogP contribution in [0.3, 0.4) is 0 Å². The standard InChI is InChI=1S/C21H16Br2N6O5/c22-13-5-6-16-12(7-13)8-14(20(32)34-16)19(31)26-25-18(30)10-28-21(33)29(24)17(27-28)9-11-3-1-2-4-15(11)23/h1-8H,9-10,24H2,(H,25,30)(H,26,31). The minimum Gasteiger partial charge on any atom is -0.422 e. The molecule has 2 heterocycles. The molecule has 2 aromatic carbocycles. The SMILES string of the molecule is Nn1c(Cc2ccccc2Br)nn(CC(=O)NNC(=O)c2cc3cc(Br)ccc3oc2=O)c1=O. The van der Waals surface area contributed by atoms with E-state index in [1.54, 1.807) is 18.2 Å². The molecule has 0 fully saturated rings. The molecule has 4 N–H and O–H groups in total. The van der Waals surface area contributed by atoms with Crippen LogP contribution < -0.4 is 28.0 Å². The summed E-state index contributed by atoms with van der Waals surface area (Å²) in [5.74, 6) is 4.41. The fourth-order valence-electron chi connectivity index (χ4n) is 3.12. The smallest absolute Gasteiger partial charge is 0.365 e. The second-order valence-electron chi connectivity index (χ2n) is 7.13. The minimum atomic E-state index is -0.879. The van der Waals surface area contributed by atoms with Gasteiger partial charge in [0.1, 0.15) is 17.7 Å². The maximum Gasteiger partial charge on any atom is 0.365 e. The van der Waals surface area contributed by atoms with Crippen LogP contribution in [0.25, 0.3) is 11.0 Å². The van der Waals surface area contributed by atoms with Crippen molar-refractivity contribution in [2.24, 2.45) is 0 Å². The van der Waals surface area contributed by atoms with Crippen LogP contribution >= 0.6 is 31.9 Å². The van der Waals surface area contributed by atoms with E-state index in [1.165, 1.54) is 6.07 Å². The molecule has 11 nitrogen and oxygen atoms in total. The highest BCUT2D eigenvalue weighted by molar-refractivity contribution is 9.10. The molecule has 0 aliphatic rings. The number of hydrogen-bond donors (Lipinski definition) is 3. The maximum atomic E-state index is 12.4. The molecule has 0 saturated carbocycles. The number of aromatic nitrogens is 3. The molecule has 0 aliphatic carbocycles. The molecule has 0 saturated heterocycles. The van der Waals surface area contributed by atoms with Crippen LogP contribution in [0.4, 0.5) is 0 Å². The number of hydrazine groups is 1. The number of nitrogen functional groups attached to an aromatic ring is 1. The van der Waals surface area contributed by atoms with E-state index in [9.17, 15) is 19.2 Å². The van der Waals surface area contributed by atoms with Gasteiger partial charge in [-0.05, 0) is 35.9 Å². The summed E-state index contributed by atoms with van der Waals surface area (Å²) in [4.78, 5) is 49.2. The molecule has 13 heteroatoms. The number of rotatable bonds is 5. The third-order valence-corrected chi connectivity index (χ3v) is 6.06. The molecule has 0 spiro atoms. The van der Waals surface area contributed by atoms with Crippen LogP contribution in [0.15, 0.2) is 71.5 Å². The number of carbonyl (C=O) groups excluding carboxylic acids is 2. The fraction of sp³-hybridized carbons (Fsp3) is 0.0952. The van der Waals surface area contributed by atoms with Crippen molar-refractivity contribution in [3.8, 4) is 0 Å². The highest BCUT2D eigenvalue weighted by Gasteiger charge is 2.17. The summed E-state index contributed by atoms with van der Waals surface area (Å²) in [5, 5.41) is 4.62. The van der Waals surface area contributed by atoms with Crippen LogP contribution in [0, 0.1) is 0 Å². The number of nitrogens with one attached hydrogen (secondary N) is 2. The Morgan fingerprint density at radius 1 is 1.06 bits per heavy atom. The van der Waals surface area contributed by atoms with E-state index < -0.39 is 29.7 Å². The number of fused-ring (bicyclic) bond motifs is 1. The zero-order valence-electron chi connectivity index (χ0n) is 17.2. The van der Waals surface area contributed by atoms with Gasteiger partial charge in [0.2, 0.25) is 0 Å². The van der Waals surface area contributed by atoms with Gasteiger partial charge in [-0.15, -0.1) is 0 Å². The molecule has 0 atom stereocenters. The van der Waals surface area contributed by atoms with Gasteiger partial charge in [-0.3, -0.25) is 20.4 Å². The second-order valence-corrected chi connectivity index (χ2v) is 8.90. The first-order valence-corrected chi connectivity index (χ1v) is 11.3. The van der Waals surface area contributed by atoms with Crippen molar-refractivity contribution in [2.75, 3.05) is 5.84 Å². The van der Waals surface area contributed by atoms with Gasteiger partial charge in [0.15, 0.2) is 5.82 Å². The summed E-state index contributed by atoms with van der Waals surface area (Å²) in [6.07, 6.45) is 0.256. The number of nitrogens with two attached hydrogens (primary N) is 1. The third kappa shape index (κ3) is 4.94. The van der Waals surface area contributed by atoms with Crippen molar-refractivity contribution in [3.63, 3.8) is 0 Å². The lowest BCUT2D eigenvalue weighted by atomic mass is 10.1. The largest absolute Gasteiger partial charge is 0.422 e. The van der Waals surface area contributed by atoms with Crippen LogP contribution in [-0.4, -0.2) is 26.3 Å². The van der Waals surface area contributed by atoms with Gasteiger partial charge in [0, 0.05) is 20.8 Å². The van der Waals surface area contributed by atoms with Crippen LogP contribution in [-0.2, 0) is 17.8 Å². The predicted molar refractivity (Wildman–Crippen MR) is 129 cm³/mol. The molecule has 2 amide bonds. The van der Waals surface area contributed by atoms with E-state index >= 15 is 0 Å². The van der Waals surface area contributed by atoms with Crippen molar-refractivity contribution in [3.05, 3.63) is 95.3 Å². The number of amides is 2. The monoisotopic (exact) mass is 590 g/mol. The first kappa shape index (κ1) is 23.4. The first-order chi connectivity index (χ1) is 16.2. The molecule has 2 aromatic heterocycles. The molecule has 34 heavy (non-hydrogen) atoms. The van der Waals surface area contributed by atoms with E-state index in [0.717, 1.165) is 23.9 Å². The van der Waals surface area contributed by atoms with E-state index in [0.29, 0.717) is 11.0 Å². The molecule has 0 unspecified atom stereocenters. The highest BCUT2D eigenvalue weighted by Crippen LogP contribution is 2.19. The Morgan fingerprint density at radius 3 is 2.59 bits per heavy atom. The number of halogens is 2. The zero-order valence-corrected chi connectivity index (χ0v) is 20.4. The molecule has 4 aromatic rings. The Kier molecular flexibility index (Phi) is 6.65. The van der Waals surface area contributed by atoms with E-state index in [2.05, 4.69) is 47.8 Å². The van der Waals surface area contributed by atoms with Gasteiger partial charge in [-0.25, -0.2) is 14.3 Å². The van der Waals surface area contributed by atoms with Crippen LogP contribution in [0.2, 0.25) is 0 Å². The predicted octanol–water partition coefficient (Wildman–Crippen LogP) is 1.44. The van der Waals surface area contributed by atoms with Crippen LogP contribution in [0.5, 0.6) is 0 Å². The third-order valence-electron chi connectivity index (χ3n) is 4.80. The number of benzene rings is 2. The van der Waals surface area contributed by atoms with Gasteiger partial charge in [0.05, 0.1) is 0 Å². The Labute approximate surface area is 207 Å². The van der Waals surface area contributed by atoms with Crippen molar-refractivity contribution < 1.29 is 14.0 Å². The molecule has 0 radical (unpaired) electrons. The quantitative estimate of drug-likeness (QED) is 0.180. The summed E-state index contributed by atoms with van der Waals surface area (Å²) in [5.41, 5.74) is 3.57. The molecule has 0 bridgehead atoms. The van der Waals surface area contributed by atoms with Gasteiger partial charge in [-0.2, -0.15) is 9.77 Å². The average molecular weight is 592 g/mol. The topological polar surface area (TPSA) is 154 Å².